The summed E-state index contributed by atoms with van der Waals surface area (Å²) in [6, 6.07) is 16.2. The highest BCUT2D eigenvalue weighted by atomic mass is 35.5. The zero-order valence-electron chi connectivity index (χ0n) is 19.7. The number of nitrogens with one attached hydrogen (secondary N) is 1. The van der Waals surface area contributed by atoms with Crippen molar-refractivity contribution in [1.29, 1.82) is 0 Å². The van der Waals surface area contributed by atoms with E-state index in [0.29, 0.717) is 11.4 Å². The van der Waals surface area contributed by atoms with Crippen LogP contribution in [0.25, 0.3) is 5.69 Å². The summed E-state index contributed by atoms with van der Waals surface area (Å²) in [4.78, 5) is 15.6. The molecule has 0 fully saturated rings. The van der Waals surface area contributed by atoms with Crippen LogP contribution in [0.15, 0.2) is 60.3 Å². The van der Waals surface area contributed by atoms with Gasteiger partial charge in [0.15, 0.2) is 0 Å². The summed E-state index contributed by atoms with van der Waals surface area (Å²) in [6.07, 6.45) is 2.76. The van der Waals surface area contributed by atoms with E-state index in [0.717, 1.165) is 39.7 Å². The van der Waals surface area contributed by atoms with Crippen molar-refractivity contribution < 1.29 is 4.79 Å². The van der Waals surface area contributed by atoms with Gasteiger partial charge < -0.3 is 10.2 Å². The fourth-order valence-corrected chi connectivity index (χ4v) is 5.43. The number of carbonyl (C=O) groups is 1. The van der Waals surface area contributed by atoms with Crippen LogP contribution < -0.4 is 10.2 Å². The van der Waals surface area contributed by atoms with Gasteiger partial charge in [-0.3, -0.25) is 4.79 Å². The zero-order chi connectivity index (χ0) is 23.5. The molecule has 2 aliphatic rings. The van der Waals surface area contributed by atoms with Gasteiger partial charge in [0.2, 0.25) is 0 Å². The average Bonchev–Trinajstić information content (AvgIpc) is 3.07. The third kappa shape index (κ3) is 3.74. The third-order valence-electron chi connectivity index (χ3n) is 6.69. The van der Waals surface area contributed by atoms with Gasteiger partial charge in [0.05, 0.1) is 17.3 Å². The van der Waals surface area contributed by atoms with E-state index in [9.17, 15) is 4.79 Å². The molecule has 0 unspecified atom stereocenters. The number of allylic oxidation sites excluding steroid dienone is 2. The molecule has 170 valence electrons. The number of Topliss-reactive ketones (excluding diaryl/α,β-unsaturated/α-hetero) is 1. The summed E-state index contributed by atoms with van der Waals surface area (Å²) in [7, 11) is 4.06. The molecule has 5 nitrogen and oxygen atoms in total. The van der Waals surface area contributed by atoms with Crippen molar-refractivity contribution in [1.82, 2.24) is 9.78 Å². The molecule has 2 heterocycles. The number of rotatable bonds is 3. The van der Waals surface area contributed by atoms with Crippen LogP contribution in [0.2, 0.25) is 5.02 Å². The van der Waals surface area contributed by atoms with Crippen molar-refractivity contribution in [2.75, 3.05) is 24.3 Å². The van der Waals surface area contributed by atoms with E-state index in [1.54, 1.807) is 0 Å². The van der Waals surface area contributed by atoms with E-state index in [1.165, 1.54) is 0 Å². The van der Waals surface area contributed by atoms with Crippen LogP contribution in [0, 0.1) is 18.3 Å². The molecule has 0 amide bonds. The van der Waals surface area contributed by atoms with Gasteiger partial charge in [0.1, 0.15) is 11.6 Å². The Hall–Kier alpha value is -3.05. The van der Waals surface area contributed by atoms with Crippen LogP contribution in [-0.2, 0) is 4.79 Å². The number of anilines is 2. The minimum absolute atomic E-state index is 0.0970. The maximum Gasteiger partial charge on any atom is 0.143 e. The maximum atomic E-state index is 13.5. The summed E-state index contributed by atoms with van der Waals surface area (Å²) in [5.41, 5.74) is 5.91. The van der Waals surface area contributed by atoms with Crippen LogP contribution in [-0.4, -0.2) is 29.7 Å². The molecule has 0 saturated carbocycles. The zero-order valence-corrected chi connectivity index (χ0v) is 20.4. The van der Waals surface area contributed by atoms with Crippen LogP contribution in [0.3, 0.4) is 0 Å². The SMILES string of the molecule is Cc1nn(-c2cccc(Cl)c2)c2c1[C@@H](c1ccc(N(C)C)cc1)[C@@H]1C(=O)CC(C)(C)C=C1N2. The second-order valence-electron chi connectivity index (χ2n) is 10.0. The molecule has 1 N–H and O–H groups in total. The largest absolute Gasteiger partial charge is 0.378 e. The van der Waals surface area contributed by atoms with Crippen LogP contribution in [0.5, 0.6) is 0 Å². The standard InChI is InChI=1S/C27H29ClN4O/c1-16-23-24(17-9-11-19(12-10-17)31(4)5)25-21(14-27(2,3)15-22(25)33)29-26(23)32(30-16)20-8-6-7-18(28)13-20/h6-14,24-25,29H,15H2,1-5H3/t24-,25+/m1/s1. The minimum Gasteiger partial charge on any atom is -0.378 e. The lowest BCUT2D eigenvalue weighted by molar-refractivity contribution is -0.124. The molecule has 2 atom stereocenters. The number of aromatic nitrogens is 2. The van der Waals surface area contributed by atoms with Crippen molar-refractivity contribution in [2.45, 2.75) is 33.1 Å². The molecule has 0 spiro atoms. The monoisotopic (exact) mass is 460 g/mol. The summed E-state index contributed by atoms with van der Waals surface area (Å²) in [5.74, 6) is 0.836. The van der Waals surface area contributed by atoms with Gasteiger partial charge >= 0.3 is 0 Å². The molecule has 0 radical (unpaired) electrons. The Bertz CT molecular complexity index is 1270. The van der Waals surface area contributed by atoms with Crippen LogP contribution in [0.1, 0.15) is 43.0 Å². The Balaban J connectivity index is 1.73. The van der Waals surface area contributed by atoms with E-state index >= 15 is 0 Å². The second-order valence-corrected chi connectivity index (χ2v) is 10.5. The lowest BCUT2D eigenvalue weighted by Gasteiger charge is -2.40. The first kappa shape index (κ1) is 21.8. The molecule has 2 aromatic carbocycles. The van der Waals surface area contributed by atoms with Gasteiger partial charge in [0, 0.05) is 48.4 Å². The molecule has 33 heavy (non-hydrogen) atoms. The fourth-order valence-electron chi connectivity index (χ4n) is 5.24. The van der Waals surface area contributed by atoms with Gasteiger partial charge in [-0.25, -0.2) is 4.68 Å². The lowest BCUT2D eigenvalue weighted by atomic mass is 9.67. The minimum atomic E-state index is -0.244. The molecule has 3 aromatic rings. The van der Waals surface area contributed by atoms with E-state index in [4.69, 9.17) is 16.7 Å². The molecule has 1 aromatic heterocycles. The summed E-state index contributed by atoms with van der Waals surface area (Å²) >= 11 is 6.30. The van der Waals surface area contributed by atoms with Crippen LogP contribution in [0.4, 0.5) is 11.5 Å². The highest BCUT2D eigenvalue weighted by Crippen LogP contribution is 2.50. The lowest BCUT2D eigenvalue weighted by Crippen LogP contribution is -2.39. The van der Waals surface area contributed by atoms with E-state index in [2.05, 4.69) is 54.4 Å². The first-order valence-corrected chi connectivity index (χ1v) is 11.7. The van der Waals surface area contributed by atoms with E-state index in [1.807, 2.05) is 50.0 Å². The number of nitrogens with zero attached hydrogens (tertiary/aromatic N) is 3. The quantitative estimate of drug-likeness (QED) is 0.524. The number of fused-ring (bicyclic) bond motifs is 2. The van der Waals surface area contributed by atoms with Crippen molar-refractivity contribution in [3.8, 4) is 5.69 Å². The molecule has 6 heteroatoms. The highest BCUT2D eigenvalue weighted by molar-refractivity contribution is 6.30. The molecule has 0 bridgehead atoms. The second kappa shape index (κ2) is 7.77. The third-order valence-corrected chi connectivity index (χ3v) is 6.93. The van der Waals surface area contributed by atoms with Crippen molar-refractivity contribution in [3.05, 3.63) is 82.1 Å². The summed E-state index contributed by atoms with van der Waals surface area (Å²) < 4.78 is 1.92. The predicted molar refractivity (Wildman–Crippen MR) is 135 cm³/mol. The first-order chi connectivity index (χ1) is 15.6. The smallest absolute Gasteiger partial charge is 0.143 e. The molecular weight excluding hydrogens is 432 g/mol. The number of benzene rings is 2. The first-order valence-electron chi connectivity index (χ1n) is 11.3. The molecular formula is C27H29ClN4O. The normalized spacial score (nSPS) is 21.0. The number of ketones is 1. The number of carbonyl (C=O) groups excluding carboxylic acids is 1. The van der Waals surface area contributed by atoms with Gasteiger partial charge in [-0.2, -0.15) is 5.10 Å². The summed E-state index contributed by atoms with van der Waals surface area (Å²) in [5, 5.41) is 9.16. The Morgan fingerprint density at radius 3 is 2.52 bits per heavy atom. The Kier molecular flexibility index (Phi) is 5.13. The molecule has 0 saturated heterocycles. The fraction of sp³-hybridized carbons (Fsp3) is 0.333. The van der Waals surface area contributed by atoms with E-state index in [-0.39, 0.29) is 23.0 Å². The Labute approximate surface area is 200 Å². The molecule has 5 rings (SSSR count). The van der Waals surface area contributed by atoms with Crippen molar-refractivity contribution >= 4 is 28.9 Å². The highest BCUT2D eigenvalue weighted by Gasteiger charge is 2.46. The predicted octanol–water partition coefficient (Wildman–Crippen LogP) is 5.96. The van der Waals surface area contributed by atoms with Gasteiger partial charge in [-0.15, -0.1) is 0 Å². The van der Waals surface area contributed by atoms with E-state index < -0.39 is 0 Å². The number of hydrogen-bond acceptors (Lipinski definition) is 4. The average molecular weight is 461 g/mol. The Morgan fingerprint density at radius 1 is 1.12 bits per heavy atom. The number of aryl methyl sites for hydroxylation is 1. The Morgan fingerprint density at radius 2 is 1.85 bits per heavy atom. The molecule has 1 aliphatic carbocycles. The maximum absolute atomic E-state index is 13.5. The molecule has 1 aliphatic heterocycles. The van der Waals surface area contributed by atoms with Gasteiger partial charge in [-0.1, -0.05) is 49.7 Å². The summed E-state index contributed by atoms with van der Waals surface area (Å²) in [6.45, 7) is 6.26. The van der Waals surface area contributed by atoms with Gasteiger partial charge in [-0.05, 0) is 48.2 Å². The number of halogens is 1. The van der Waals surface area contributed by atoms with Crippen molar-refractivity contribution in [3.63, 3.8) is 0 Å². The topological polar surface area (TPSA) is 50.2 Å². The van der Waals surface area contributed by atoms with Crippen LogP contribution >= 0.6 is 11.6 Å². The van der Waals surface area contributed by atoms with Crippen molar-refractivity contribution in [2.24, 2.45) is 11.3 Å². The number of hydrogen-bond donors (Lipinski definition) is 1. The van der Waals surface area contributed by atoms with Gasteiger partial charge in [0.25, 0.3) is 0 Å².